The quantitative estimate of drug-likeness (QED) is 0.184. The predicted molar refractivity (Wildman–Crippen MR) is 214 cm³/mol. The minimum atomic E-state index is -1.01. The van der Waals surface area contributed by atoms with E-state index in [0.29, 0.717) is 5.56 Å². The Kier molecular flexibility index (Phi) is 6.73. The number of hydrogen-bond donors (Lipinski definition) is 0. The molecule has 0 radical (unpaired) electrons. The van der Waals surface area contributed by atoms with E-state index in [0.717, 1.165) is 83.4 Å². The fourth-order valence-corrected chi connectivity index (χ4v) is 7.25. The van der Waals surface area contributed by atoms with E-state index in [-0.39, 0.29) is 5.41 Å². The van der Waals surface area contributed by atoms with Crippen molar-refractivity contribution in [1.29, 1.82) is 0 Å². The first-order valence-corrected chi connectivity index (χ1v) is 17.4. The lowest BCUT2D eigenvalue weighted by Gasteiger charge is -2.26. The van der Waals surface area contributed by atoms with Gasteiger partial charge in [-0.25, -0.2) is 4.98 Å². The van der Waals surface area contributed by atoms with E-state index in [2.05, 4.69) is 153 Å². The van der Waals surface area contributed by atoms with E-state index in [1.54, 1.807) is 0 Å². The zero-order valence-electron chi connectivity index (χ0n) is 30.9. The van der Waals surface area contributed by atoms with Crippen molar-refractivity contribution in [2.75, 3.05) is 0 Å². The number of hydrogen-bond acceptors (Lipinski definition) is 2. The van der Waals surface area contributed by atoms with Crippen molar-refractivity contribution in [2.24, 2.45) is 0 Å². The van der Waals surface area contributed by atoms with Crippen molar-refractivity contribution in [2.45, 2.75) is 33.1 Å². The third-order valence-corrected chi connectivity index (χ3v) is 9.91. The van der Waals surface area contributed by atoms with E-state index < -0.39 is 6.88 Å². The number of benzene rings is 7. The smallest absolute Gasteiger partial charge is 0.149 e. The summed E-state index contributed by atoms with van der Waals surface area (Å²) in [6.45, 7) is 5.82. The molecule has 0 atom stereocenters. The SMILES string of the molecule is [2H]C([2H])c1ccc(-c2ccc3c(c2)oc2c(-c4nc5ccccc5n4-c4c(-c5ccccc5)cc(C(C)(C)C)cc4-c4ccccc4)cccc23)cc1. The third kappa shape index (κ3) is 5.34. The Labute approximate surface area is 301 Å². The van der Waals surface area contributed by atoms with Crippen LogP contribution >= 0.6 is 0 Å². The van der Waals surface area contributed by atoms with Crippen molar-refractivity contribution >= 4 is 33.0 Å². The molecule has 2 aromatic heterocycles. The normalized spacial score (nSPS) is 12.5. The molecule has 2 heterocycles. The summed E-state index contributed by atoms with van der Waals surface area (Å²) in [6.07, 6.45) is 0. The topological polar surface area (TPSA) is 31.0 Å². The molecule has 9 aromatic rings. The van der Waals surface area contributed by atoms with Gasteiger partial charge in [-0.15, -0.1) is 0 Å². The van der Waals surface area contributed by atoms with Gasteiger partial charge in [0.05, 0.1) is 22.3 Å². The number of nitrogens with zero attached hydrogens (tertiary/aromatic N) is 2. The van der Waals surface area contributed by atoms with Gasteiger partial charge in [0.2, 0.25) is 0 Å². The second kappa shape index (κ2) is 12.0. The molecule has 0 aliphatic rings. The summed E-state index contributed by atoms with van der Waals surface area (Å²) in [4.78, 5) is 5.38. The second-order valence-corrected chi connectivity index (χ2v) is 14.3. The summed E-state index contributed by atoms with van der Waals surface area (Å²) < 4.78 is 24.7. The van der Waals surface area contributed by atoms with Crippen LogP contribution in [-0.4, -0.2) is 9.55 Å². The van der Waals surface area contributed by atoms with Crippen LogP contribution in [0, 0.1) is 6.88 Å². The van der Waals surface area contributed by atoms with Crippen molar-refractivity contribution in [1.82, 2.24) is 9.55 Å². The molecule has 0 aliphatic carbocycles. The summed E-state index contributed by atoms with van der Waals surface area (Å²) in [5, 5.41) is 2.06. The van der Waals surface area contributed by atoms with Crippen LogP contribution in [0.25, 0.3) is 83.4 Å². The average Bonchev–Trinajstić information content (AvgIpc) is 3.76. The van der Waals surface area contributed by atoms with Crippen LogP contribution in [0.1, 0.15) is 34.6 Å². The summed E-state index contributed by atoms with van der Waals surface area (Å²) >= 11 is 0. The van der Waals surface area contributed by atoms with Crippen molar-refractivity contribution in [3.05, 3.63) is 169 Å². The fraction of sp³-hybridized carbons (Fsp3) is 0.104. The van der Waals surface area contributed by atoms with Crippen molar-refractivity contribution < 1.29 is 7.16 Å². The van der Waals surface area contributed by atoms with Gasteiger partial charge < -0.3 is 4.42 Å². The zero-order valence-corrected chi connectivity index (χ0v) is 28.9. The molecule has 3 heteroatoms. The number of rotatable bonds is 5. The first-order valence-electron chi connectivity index (χ1n) is 18.6. The highest BCUT2D eigenvalue weighted by atomic mass is 16.3. The van der Waals surface area contributed by atoms with Crippen LogP contribution in [-0.2, 0) is 5.41 Å². The molecule has 0 amide bonds. The van der Waals surface area contributed by atoms with Gasteiger partial charge >= 0.3 is 0 Å². The van der Waals surface area contributed by atoms with E-state index in [1.165, 1.54) is 5.56 Å². The lowest BCUT2D eigenvalue weighted by molar-refractivity contribution is 0.590. The predicted octanol–water partition coefficient (Wildman–Crippen LogP) is 13.2. The summed E-state index contributed by atoms with van der Waals surface area (Å²) in [7, 11) is 0. The molecule has 0 N–H and O–H groups in total. The number of para-hydroxylation sites is 3. The molecular weight excluding hydrogens is 621 g/mol. The highest BCUT2D eigenvalue weighted by molar-refractivity contribution is 6.10. The second-order valence-electron chi connectivity index (χ2n) is 14.3. The Balaban J connectivity index is 1.33. The van der Waals surface area contributed by atoms with E-state index in [1.807, 2.05) is 30.3 Å². The van der Waals surface area contributed by atoms with Gasteiger partial charge in [0.1, 0.15) is 17.0 Å². The lowest BCUT2D eigenvalue weighted by atomic mass is 9.82. The van der Waals surface area contributed by atoms with Crippen LogP contribution in [0.3, 0.4) is 0 Å². The van der Waals surface area contributed by atoms with E-state index >= 15 is 0 Å². The number of aromatic nitrogens is 2. The van der Waals surface area contributed by atoms with Crippen LogP contribution < -0.4 is 0 Å². The zero-order chi connectivity index (χ0) is 36.3. The molecule has 9 rings (SSSR count). The Morgan fingerprint density at radius 2 is 1.22 bits per heavy atom. The summed E-state index contributed by atoms with van der Waals surface area (Å²) in [5.74, 6) is 0.810. The number of fused-ring (bicyclic) bond motifs is 4. The summed E-state index contributed by atoms with van der Waals surface area (Å²) in [5.41, 5.74) is 13.9. The van der Waals surface area contributed by atoms with Gasteiger partial charge in [-0.05, 0) is 82.6 Å². The largest absolute Gasteiger partial charge is 0.455 e. The fourth-order valence-electron chi connectivity index (χ4n) is 7.25. The molecular formula is C48H38N2O. The van der Waals surface area contributed by atoms with Gasteiger partial charge in [0, 0.05) is 24.6 Å². The lowest BCUT2D eigenvalue weighted by Crippen LogP contribution is -2.13. The molecule has 246 valence electrons. The van der Waals surface area contributed by atoms with Gasteiger partial charge in [-0.3, -0.25) is 4.57 Å². The number of imidazole rings is 1. The molecule has 7 aromatic carbocycles. The maximum atomic E-state index is 7.75. The van der Waals surface area contributed by atoms with Crippen molar-refractivity contribution in [3.8, 4) is 50.5 Å². The van der Waals surface area contributed by atoms with E-state index in [4.69, 9.17) is 12.1 Å². The molecule has 51 heavy (non-hydrogen) atoms. The Morgan fingerprint density at radius 1 is 0.569 bits per heavy atom. The maximum absolute atomic E-state index is 7.75. The van der Waals surface area contributed by atoms with Crippen LogP contribution in [0.5, 0.6) is 0 Å². The van der Waals surface area contributed by atoms with Gasteiger partial charge in [-0.2, -0.15) is 0 Å². The minimum Gasteiger partial charge on any atom is -0.455 e. The number of furan rings is 1. The molecule has 0 saturated heterocycles. The number of aryl methyl sites for hydroxylation is 1. The third-order valence-electron chi connectivity index (χ3n) is 9.91. The van der Waals surface area contributed by atoms with Crippen LogP contribution in [0.4, 0.5) is 0 Å². The van der Waals surface area contributed by atoms with Gasteiger partial charge in [0.25, 0.3) is 0 Å². The van der Waals surface area contributed by atoms with Crippen LogP contribution in [0.15, 0.2) is 162 Å². The first-order chi connectivity index (χ1) is 25.7. The Bertz CT molecular complexity index is 2710. The highest BCUT2D eigenvalue weighted by Crippen LogP contribution is 2.45. The minimum absolute atomic E-state index is 0.0855. The molecule has 0 saturated carbocycles. The molecule has 0 spiro atoms. The summed E-state index contributed by atoms with van der Waals surface area (Å²) in [6, 6.07) is 54.8. The Hall–Kier alpha value is -6.19. The maximum Gasteiger partial charge on any atom is 0.149 e. The average molecular weight is 661 g/mol. The van der Waals surface area contributed by atoms with E-state index in [9.17, 15) is 0 Å². The molecule has 0 bridgehead atoms. The molecule has 3 nitrogen and oxygen atoms in total. The van der Waals surface area contributed by atoms with Crippen LogP contribution in [0.2, 0.25) is 0 Å². The Morgan fingerprint density at radius 3 is 1.88 bits per heavy atom. The standard InChI is InChI=1S/C48H38N2O/c1-31-22-24-32(25-23-31)35-26-27-37-38-18-13-19-39(46(38)51-44(37)28-35)47-49-42-20-11-12-21-43(42)50(47)45-40(33-14-7-5-8-15-33)29-36(48(2,3)4)30-41(45)34-16-9-6-10-17-34/h5-30H,1-4H3/i1D2. The first kappa shape index (κ1) is 28.6. The van der Waals surface area contributed by atoms with Crippen molar-refractivity contribution in [3.63, 3.8) is 0 Å². The molecule has 0 fully saturated rings. The highest BCUT2D eigenvalue weighted by Gasteiger charge is 2.26. The monoisotopic (exact) mass is 660 g/mol. The molecule has 0 aliphatic heterocycles. The van der Waals surface area contributed by atoms with Gasteiger partial charge in [0.15, 0.2) is 0 Å². The molecule has 0 unspecified atom stereocenters. The van der Waals surface area contributed by atoms with Gasteiger partial charge in [-0.1, -0.05) is 142 Å².